The van der Waals surface area contributed by atoms with Gasteiger partial charge in [-0.25, -0.2) is 17.5 Å². The minimum Gasteiger partial charge on any atom is -0.373 e. The van der Waals surface area contributed by atoms with E-state index in [0.717, 1.165) is 5.56 Å². The van der Waals surface area contributed by atoms with E-state index in [0.29, 0.717) is 32.5 Å². The third kappa shape index (κ3) is 4.53. The van der Waals surface area contributed by atoms with Crippen molar-refractivity contribution in [2.45, 2.75) is 51.9 Å². The van der Waals surface area contributed by atoms with Crippen molar-refractivity contribution in [1.82, 2.24) is 14.9 Å². The van der Waals surface area contributed by atoms with Gasteiger partial charge in [0.25, 0.3) is 5.91 Å². The monoisotopic (exact) mass is 409 g/mol. The molecule has 0 saturated carbocycles. The Morgan fingerprint density at radius 1 is 1.18 bits per heavy atom. The van der Waals surface area contributed by atoms with Crippen LogP contribution in [0.3, 0.4) is 0 Å². The second kappa shape index (κ2) is 7.81. The van der Waals surface area contributed by atoms with Crippen LogP contribution in [-0.4, -0.2) is 55.1 Å². The first-order valence-corrected chi connectivity index (χ1v) is 11.0. The van der Waals surface area contributed by atoms with Gasteiger partial charge < -0.3 is 10.1 Å². The van der Waals surface area contributed by atoms with Gasteiger partial charge in [0.2, 0.25) is 10.0 Å². The summed E-state index contributed by atoms with van der Waals surface area (Å²) in [6.45, 7) is 6.73. The summed E-state index contributed by atoms with van der Waals surface area (Å²) in [6, 6.07) is 5.56. The Morgan fingerprint density at radius 3 is 2.43 bits per heavy atom. The van der Waals surface area contributed by atoms with Crippen LogP contribution >= 0.6 is 0 Å². The number of benzene rings is 1. The van der Waals surface area contributed by atoms with Crippen molar-refractivity contribution in [2.24, 2.45) is 0 Å². The molecule has 0 unspecified atom stereocenters. The van der Waals surface area contributed by atoms with E-state index in [1.807, 2.05) is 6.07 Å². The Morgan fingerprint density at radius 2 is 1.86 bits per heavy atom. The number of urea groups is 1. The topological polar surface area (TPSA) is 105 Å². The predicted molar refractivity (Wildman–Crippen MR) is 104 cm³/mol. The fourth-order valence-corrected chi connectivity index (χ4v) is 5.40. The number of carbonyl (C=O) groups excluding carboxylic acids is 2. The van der Waals surface area contributed by atoms with Gasteiger partial charge in [0, 0.05) is 13.1 Å². The zero-order chi connectivity index (χ0) is 20.5. The second-order valence-electron chi connectivity index (χ2n) is 7.82. The summed E-state index contributed by atoms with van der Waals surface area (Å²) in [6.07, 6.45) is 1.19. The first-order valence-electron chi connectivity index (χ1n) is 9.38. The van der Waals surface area contributed by atoms with Crippen LogP contribution in [0.15, 0.2) is 18.2 Å². The highest BCUT2D eigenvalue weighted by Crippen LogP contribution is 2.22. The summed E-state index contributed by atoms with van der Waals surface area (Å²) in [5, 5.41) is 4.49. The van der Waals surface area contributed by atoms with Crippen molar-refractivity contribution in [3.05, 3.63) is 34.9 Å². The Labute approximate surface area is 165 Å². The highest BCUT2D eigenvalue weighted by molar-refractivity contribution is 7.89. The molecule has 2 fully saturated rings. The van der Waals surface area contributed by atoms with E-state index >= 15 is 0 Å². The molecule has 2 N–H and O–H groups in total. The summed E-state index contributed by atoms with van der Waals surface area (Å²) in [4.78, 5) is 23.2. The quantitative estimate of drug-likeness (QED) is 0.687. The van der Waals surface area contributed by atoms with Crippen LogP contribution in [0.4, 0.5) is 4.79 Å². The van der Waals surface area contributed by atoms with E-state index < -0.39 is 33.3 Å². The van der Waals surface area contributed by atoms with E-state index in [1.165, 1.54) is 22.4 Å². The molecule has 1 atom stereocenters. The van der Waals surface area contributed by atoms with Gasteiger partial charge in [-0.05, 0) is 50.3 Å². The first kappa shape index (κ1) is 20.8. The maximum Gasteiger partial charge on any atom is 0.322 e. The number of sulfonamides is 1. The second-order valence-corrected chi connectivity index (χ2v) is 9.79. The smallest absolute Gasteiger partial charge is 0.322 e. The van der Waals surface area contributed by atoms with Gasteiger partial charge in [-0.15, -0.1) is 0 Å². The van der Waals surface area contributed by atoms with Crippen LogP contribution in [0.2, 0.25) is 0 Å². The Kier molecular flexibility index (Phi) is 5.79. The lowest BCUT2D eigenvalue weighted by atomic mass is 10.1. The number of nitrogens with one attached hydrogen (secondary N) is 2. The Hall–Kier alpha value is -1.97. The maximum absolute atomic E-state index is 12.7. The third-order valence-corrected chi connectivity index (χ3v) is 7.53. The number of amides is 3. The Balaban J connectivity index is 1.52. The normalized spacial score (nSPS) is 24.2. The summed E-state index contributed by atoms with van der Waals surface area (Å²) < 4.78 is 32.8. The predicted octanol–water partition coefficient (Wildman–Crippen LogP) is 1.21. The average Bonchev–Trinajstić information content (AvgIpc) is 2.87. The molecule has 2 aliphatic heterocycles. The van der Waals surface area contributed by atoms with Crippen LogP contribution in [-0.2, 0) is 26.2 Å². The van der Waals surface area contributed by atoms with E-state index in [9.17, 15) is 18.0 Å². The van der Waals surface area contributed by atoms with Gasteiger partial charge in [0.05, 0.1) is 18.5 Å². The minimum absolute atomic E-state index is 0.00173. The number of nitrogens with zero attached hydrogens (tertiary/aromatic N) is 1. The van der Waals surface area contributed by atoms with Gasteiger partial charge in [-0.2, -0.15) is 0 Å². The maximum atomic E-state index is 12.7. The molecule has 8 nitrogen and oxygen atoms in total. The summed E-state index contributed by atoms with van der Waals surface area (Å²) in [7, 11) is -3.68. The van der Waals surface area contributed by atoms with Crippen LogP contribution in [0.1, 0.15) is 36.5 Å². The van der Waals surface area contributed by atoms with Crippen molar-refractivity contribution < 1.29 is 22.7 Å². The van der Waals surface area contributed by atoms with E-state index in [1.54, 1.807) is 0 Å². The standard InChI is InChI=1S/C19H27N3O5S/c1-13-4-5-15(10-14(13)2)11-27-16-6-8-22(9-7-16)28(25,26)12-19(3)17(23)20-18(24)21-19/h4-5,10,16H,6-9,11-12H2,1-3H3,(H2,20,21,23,24)/t19-/m1/s1. The van der Waals surface area contributed by atoms with Gasteiger partial charge >= 0.3 is 6.03 Å². The number of hydrogen-bond acceptors (Lipinski definition) is 5. The first-order chi connectivity index (χ1) is 13.1. The van der Waals surface area contributed by atoms with Crippen molar-refractivity contribution in [1.29, 1.82) is 0 Å². The SMILES string of the molecule is Cc1ccc(COC2CCN(S(=O)(=O)C[C@@]3(C)NC(=O)NC3=O)CC2)cc1C. The number of imide groups is 1. The number of rotatable bonds is 6. The molecule has 0 bridgehead atoms. The molecular weight excluding hydrogens is 382 g/mol. The third-order valence-electron chi connectivity index (χ3n) is 5.44. The number of piperidine rings is 1. The highest BCUT2D eigenvalue weighted by Gasteiger charge is 2.46. The van der Waals surface area contributed by atoms with Crippen molar-refractivity contribution in [3.8, 4) is 0 Å². The summed E-state index contributed by atoms with van der Waals surface area (Å²) in [5.41, 5.74) is 2.13. The molecule has 0 radical (unpaired) electrons. The van der Waals surface area contributed by atoms with Crippen LogP contribution in [0.25, 0.3) is 0 Å². The van der Waals surface area contributed by atoms with Crippen molar-refractivity contribution >= 4 is 22.0 Å². The molecular formula is C19H27N3O5S. The van der Waals surface area contributed by atoms with Crippen LogP contribution < -0.4 is 10.6 Å². The van der Waals surface area contributed by atoms with Crippen molar-refractivity contribution in [3.63, 3.8) is 0 Å². The molecule has 28 heavy (non-hydrogen) atoms. The van der Waals surface area contributed by atoms with Gasteiger partial charge in [0.15, 0.2) is 0 Å². The number of ether oxygens (including phenoxy) is 1. The van der Waals surface area contributed by atoms with Crippen LogP contribution in [0, 0.1) is 13.8 Å². The molecule has 0 aliphatic carbocycles. The molecule has 2 aliphatic rings. The summed E-state index contributed by atoms with van der Waals surface area (Å²) >= 11 is 0. The van der Waals surface area contributed by atoms with Crippen molar-refractivity contribution in [2.75, 3.05) is 18.8 Å². The lowest BCUT2D eigenvalue weighted by Crippen LogP contribution is -2.53. The molecule has 1 aromatic carbocycles. The number of aryl methyl sites for hydroxylation is 2. The van der Waals surface area contributed by atoms with E-state index in [-0.39, 0.29) is 6.10 Å². The molecule has 9 heteroatoms. The molecule has 3 rings (SSSR count). The van der Waals surface area contributed by atoms with Crippen LogP contribution in [0.5, 0.6) is 0 Å². The number of carbonyl (C=O) groups is 2. The van der Waals surface area contributed by atoms with Gasteiger partial charge in [0.1, 0.15) is 5.54 Å². The molecule has 2 saturated heterocycles. The molecule has 3 amide bonds. The van der Waals surface area contributed by atoms with E-state index in [4.69, 9.17) is 4.74 Å². The fourth-order valence-electron chi connectivity index (χ4n) is 3.52. The van der Waals surface area contributed by atoms with E-state index in [2.05, 4.69) is 36.6 Å². The lowest BCUT2D eigenvalue weighted by Gasteiger charge is -2.33. The average molecular weight is 410 g/mol. The summed E-state index contributed by atoms with van der Waals surface area (Å²) in [5.74, 6) is -1.07. The van der Waals surface area contributed by atoms with Gasteiger partial charge in [-0.1, -0.05) is 18.2 Å². The zero-order valence-corrected chi connectivity index (χ0v) is 17.3. The Bertz CT molecular complexity index is 878. The minimum atomic E-state index is -3.68. The van der Waals surface area contributed by atoms with Gasteiger partial charge in [-0.3, -0.25) is 10.1 Å². The molecule has 0 spiro atoms. The zero-order valence-electron chi connectivity index (χ0n) is 16.4. The highest BCUT2D eigenvalue weighted by atomic mass is 32.2. The largest absolute Gasteiger partial charge is 0.373 e. The fraction of sp³-hybridized carbons (Fsp3) is 0.579. The molecule has 2 heterocycles. The lowest BCUT2D eigenvalue weighted by molar-refractivity contribution is -0.122. The molecule has 154 valence electrons. The molecule has 0 aromatic heterocycles. The number of hydrogen-bond donors (Lipinski definition) is 2. The molecule has 1 aromatic rings.